The highest BCUT2D eigenvalue weighted by Crippen LogP contribution is 2.34. The average molecular weight is 281 g/mol. The van der Waals surface area contributed by atoms with Crippen LogP contribution in [0.5, 0.6) is 0 Å². The van der Waals surface area contributed by atoms with E-state index in [2.05, 4.69) is 10.3 Å². The zero-order chi connectivity index (χ0) is 13.8. The molecule has 19 heavy (non-hydrogen) atoms. The lowest BCUT2D eigenvalue weighted by molar-refractivity contribution is -0.382. The minimum absolute atomic E-state index is 0.121. The van der Waals surface area contributed by atoms with Crippen molar-refractivity contribution in [2.24, 2.45) is 0 Å². The number of anilines is 1. The van der Waals surface area contributed by atoms with Crippen LogP contribution in [0.1, 0.15) is 6.92 Å². The van der Waals surface area contributed by atoms with E-state index in [1.807, 2.05) is 0 Å². The summed E-state index contributed by atoms with van der Waals surface area (Å²) < 4.78 is 5.48. The Morgan fingerprint density at radius 2 is 2.37 bits per heavy atom. The van der Waals surface area contributed by atoms with Gasteiger partial charge in [0.05, 0.1) is 21.7 Å². The van der Waals surface area contributed by atoms with Gasteiger partial charge in [-0.05, 0) is 19.1 Å². The van der Waals surface area contributed by atoms with Gasteiger partial charge in [0.15, 0.2) is 5.52 Å². The highest BCUT2D eigenvalue weighted by molar-refractivity contribution is 7.16. The summed E-state index contributed by atoms with van der Waals surface area (Å²) >= 11 is 1.33. The topological polar surface area (TPSA) is 94.4 Å². The van der Waals surface area contributed by atoms with Gasteiger partial charge in [0, 0.05) is 0 Å². The third kappa shape index (κ3) is 2.79. The van der Waals surface area contributed by atoms with Crippen molar-refractivity contribution < 1.29 is 14.5 Å². The number of esters is 1. The molecular weight excluding hydrogens is 270 g/mol. The zero-order valence-corrected chi connectivity index (χ0v) is 10.9. The molecule has 2 aromatic rings. The maximum Gasteiger partial charge on any atom is 0.325 e. The van der Waals surface area contributed by atoms with Gasteiger partial charge < -0.3 is 10.1 Å². The molecule has 2 rings (SSSR count). The molecule has 0 saturated heterocycles. The lowest BCUT2D eigenvalue weighted by Gasteiger charge is -2.06. The molecule has 0 bridgehead atoms. The van der Waals surface area contributed by atoms with Gasteiger partial charge in [-0.25, -0.2) is 4.98 Å². The number of nitrogens with zero attached hydrogens (tertiary/aromatic N) is 2. The number of thiazole rings is 1. The van der Waals surface area contributed by atoms with Crippen LogP contribution in [-0.2, 0) is 9.53 Å². The van der Waals surface area contributed by atoms with E-state index in [-0.39, 0.29) is 24.5 Å². The Hall–Kier alpha value is -2.22. The number of benzene rings is 1. The quantitative estimate of drug-likeness (QED) is 0.513. The van der Waals surface area contributed by atoms with Gasteiger partial charge in [-0.3, -0.25) is 14.9 Å². The molecule has 0 aliphatic heterocycles. The summed E-state index contributed by atoms with van der Waals surface area (Å²) in [7, 11) is 0. The highest BCUT2D eigenvalue weighted by atomic mass is 32.1. The Morgan fingerprint density at radius 3 is 3.05 bits per heavy atom. The van der Waals surface area contributed by atoms with Crippen LogP contribution in [0.3, 0.4) is 0 Å². The normalized spacial score (nSPS) is 10.4. The van der Waals surface area contributed by atoms with Crippen molar-refractivity contribution in [2.45, 2.75) is 6.92 Å². The molecule has 0 aliphatic carbocycles. The van der Waals surface area contributed by atoms with Crippen LogP contribution in [0, 0.1) is 10.1 Å². The molecule has 0 amide bonds. The number of ether oxygens (including phenoxy) is 1. The Kier molecular flexibility index (Phi) is 3.91. The molecule has 0 unspecified atom stereocenters. The van der Waals surface area contributed by atoms with Crippen molar-refractivity contribution in [3.8, 4) is 0 Å². The van der Waals surface area contributed by atoms with Crippen LogP contribution in [0.2, 0.25) is 0 Å². The lowest BCUT2D eigenvalue weighted by Crippen LogP contribution is -2.17. The molecule has 1 N–H and O–H groups in total. The second-order valence-electron chi connectivity index (χ2n) is 3.58. The molecule has 0 atom stereocenters. The molecular formula is C11H11N3O4S. The van der Waals surface area contributed by atoms with Crippen LogP contribution in [0.4, 0.5) is 11.4 Å². The highest BCUT2D eigenvalue weighted by Gasteiger charge is 2.20. The van der Waals surface area contributed by atoms with Gasteiger partial charge >= 0.3 is 11.7 Å². The maximum atomic E-state index is 11.2. The Balaban J connectivity index is 2.29. The number of nitro groups is 1. The number of carbonyl (C=O) groups excluding carboxylic acids is 1. The second kappa shape index (κ2) is 5.61. The van der Waals surface area contributed by atoms with Crippen LogP contribution < -0.4 is 5.32 Å². The van der Waals surface area contributed by atoms with E-state index in [1.165, 1.54) is 11.3 Å². The maximum absolute atomic E-state index is 11.2. The van der Waals surface area contributed by atoms with Crippen LogP contribution >= 0.6 is 11.3 Å². The first-order chi connectivity index (χ1) is 9.13. The van der Waals surface area contributed by atoms with Crippen molar-refractivity contribution in [1.82, 2.24) is 4.98 Å². The van der Waals surface area contributed by atoms with Crippen molar-refractivity contribution >= 4 is 38.9 Å². The Labute approximate surface area is 112 Å². The van der Waals surface area contributed by atoms with Gasteiger partial charge in [-0.2, -0.15) is 0 Å². The number of aromatic nitrogens is 1. The minimum Gasteiger partial charge on any atom is -0.465 e. The summed E-state index contributed by atoms with van der Waals surface area (Å²) in [5.74, 6) is -0.463. The van der Waals surface area contributed by atoms with Crippen molar-refractivity contribution in [2.75, 3.05) is 18.5 Å². The largest absolute Gasteiger partial charge is 0.465 e. The number of carbonyl (C=O) groups is 1. The molecule has 7 nitrogen and oxygen atoms in total. The first-order valence-corrected chi connectivity index (χ1v) is 6.41. The number of rotatable bonds is 5. The standard InChI is InChI=1S/C11H11N3O4S/c1-2-18-9(15)5-12-7-3-4-8-10(13-6-19-8)11(7)14(16)17/h3-4,6,12H,2,5H2,1H3. The van der Waals surface area contributed by atoms with Crippen LogP contribution in [0.25, 0.3) is 10.2 Å². The van der Waals surface area contributed by atoms with E-state index >= 15 is 0 Å². The molecule has 1 aromatic carbocycles. The molecule has 1 heterocycles. The monoisotopic (exact) mass is 281 g/mol. The number of nitrogens with one attached hydrogen (secondary N) is 1. The zero-order valence-electron chi connectivity index (χ0n) is 10.1. The summed E-state index contributed by atoms with van der Waals surface area (Å²) in [5.41, 5.74) is 2.01. The van der Waals surface area contributed by atoms with Crippen LogP contribution in [-0.4, -0.2) is 29.0 Å². The van der Waals surface area contributed by atoms with Gasteiger partial charge in [-0.1, -0.05) is 0 Å². The fraction of sp³-hybridized carbons (Fsp3) is 0.273. The summed E-state index contributed by atoms with van der Waals surface area (Å²) in [4.78, 5) is 25.8. The van der Waals surface area contributed by atoms with Gasteiger partial charge in [0.1, 0.15) is 12.2 Å². The summed E-state index contributed by atoms with van der Waals surface area (Å²) in [6, 6.07) is 3.30. The smallest absolute Gasteiger partial charge is 0.325 e. The fourth-order valence-electron chi connectivity index (χ4n) is 1.62. The lowest BCUT2D eigenvalue weighted by atomic mass is 10.2. The van der Waals surface area contributed by atoms with E-state index in [1.54, 1.807) is 24.6 Å². The third-order valence-corrected chi connectivity index (χ3v) is 3.18. The SMILES string of the molecule is CCOC(=O)CNc1ccc2scnc2c1[N+](=O)[O-]. The van der Waals surface area contributed by atoms with Crippen molar-refractivity contribution in [3.05, 3.63) is 27.8 Å². The predicted octanol–water partition coefficient (Wildman–Crippen LogP) is 2.18. The Bertz CT molecular complexity index is 625. The predicted molar refractivity (Wildman–Crippen MR) is 71.4 cm³/mol. The number of fused-ring (bicyclic) bond motifs is 1. The molecule has 0 saturated carbocycles. The van der Waals surface area contributed by atoms with E-state index < -0.39 is 10.9 Å². The Morgan fingerprint density at radius 1 is 1.58 bits per heavy atom. The van der Waals surface area contributed by atoms with Crippen molar-refractivity contribution in [1.29, 1.82) is 0 Å². The summed E-state index contributed by atoms with van der Waals surface area (Å²) in [5, 5.41) is 13.8. The number of hydrogen-bond acceptors (Lipinski definition) is 7. The molecule has 0 spiro atoms. The average Bonchev–Trinajstić information content (AvgIpc) is 2.83. The second-order valence-corrected chi connectivity index (χ2v) is 4.46. The van der Waals surface area contributed by atoms with E-state index in [0.29, 0.717) is 5.52 Å². The van der Waals surface area contributed by atoms with Gasteiger partial charge in [0.2, 0.25) is 0 Å². The first-order valence-electron chi connectivity index (χ1n) is 5.53. The molecule has 1 aromatic heterocycles. The van der Waals surface area contributed by atoms with E-state index in [0.717, 1.165) is 4.70 Å². The first kappa shape index (κ1) is 13.2. The third-order valence-electron chi connectivity index (χ3n) is 2.39. The molecule has 0 fully saturated rings. The van der Waals surface area contributed by atoms with Gasteiger partial charge in [-0.15, -0.1) is 11.3 Å². The molecule has 0 radical (unpaired) electrons. The van der Waals surface area contributed by atoms with E-state index in [4.69, 9.17) is 4.74 Å². The molecule has 100 valence electrons. The minimum atomic E-state index is -0.504. The summed E-state index contributed by atoms with van der Waals surface area (Å²) in [6.07, 6.45) is 0. The van der Waals surface area contributed by atoms with Gasteiger partial charge in [0.25, 0.3) is 0 Å². The molecule has 0 aliphatic rings. The number of nitro benzene ring substituents is 1. The molecule has 8 heteroatoms. The van der Waals surface area contributed by atoms with Crippen LogP contribution in [0.15, 0.2) is 17.6 Å². The van der Waals surface area contributed by atoms with Crippen molar-refractivity contribution in [3.63, 3.8) is 0 Å². The number of hydrogen-bond donors (Lipinski definition) is 1. The van der Waals surface area contributed by atoms with E-state index in [9.17, 15) is 14.9 Å². The summed E-state index contributed by atoms with van der Waals surface area (Å²) in [6.45, 7) is 1.85. The fourth-order valence-corrected chi connectivity index (χ4v) is 2.30.